The minimum atomic E-state index is -0.670. The minimum Gasteiger partial charge on any atom is -0.385 e. The molecule has 35 heavy (non-hydrogen) atoms. The predicted molar refractivity (Wildman–Crippen MR) is 144 cm³/mol. The first-order valence-electron chi connectivity index (χ1n) is 10.1. The first-order chi connectivity index (χ1) is 16.4. The summed E-state index contributed by atoms with van der Waals surface area (Å²) in [4.78, 5) is 21.9. The van der Waals surface area contributed by atoms with E-state index >= 15 is 0 Å². The van der Waals surface area contributed by atoms with Crippen molar-refractivity contribution in [2.45, 2.75) is 25.4 Å². The van der Waals surface area contributed by atoms with Crippen LogP contribution in [-0.2, 0) is 5.60 Å². The zero-order valence-corrected chi connectivity index (χ0v) is 24.6. The highest BCUT2D eigenvalue weighted by Crippen LogP contribution is 2.45. The fourth-order valence-electron chi connectivity index (χ4n) is 2.65. The Balaban J connectivity index is 0.000000185. The molecule has 0 heterocycles. The Morgan fingerprint density at radius 3 is 1.63 bits per heavy atom. The van der Waals surface area contributed by atoms with Crippen LogP contribution < -0.4 is 0 Å². The van der Waals surface area contributed by atoms with Crippen molar-refractivity contribution in [1.29, 1.82) is 0 Å². The Labute approximate surface area is 234 Å². The molecule has 0 radical (unpaired) electrons. The lowest BCUT2D eigenvalue weighted by atomic mass is 10.1. The second-order valence-corrected chi connectivity index (χ2v) is 10.7. The normalized spacial score (nSPS) is 13.1. The molecule has 186 valence electrons. The van der Waals surface area contributed by atoms with E-state index in [1.54, 1.807) is 12.1 Å². The maximum absolute atomic E-state index is 12.8. The number of alkyl halides is 1. The van der Waals surface area contributed by atoms with Gasteiger partial charge in [0, 0.05) is 11.1 Å². The topological polar surface area (TPSA) is 54.4 Å². The summed E-state index contributed by atoms with van der Waals surface area (Å²) in [5, 5.41) is 9.93. The van der Waals surface area contributed by atoms with Gasteiger partial charge in [-0.15, -0.1) is 0 Å². The molecule has 1 fully saturated rings. The van der Waals surface area contributed by atoms with E-state index < -0.39 is 5.60 Å². The van der Waals surface area contributed by atoms with Crippen LogP contribution in [0, 0.1) is 17.5 Å². The van der Waals surface area contributed by atoms with Crippen LogP contribution in [0.3, 0.4) is 0 Å². The highest BCUT2D eigenvalue weighted by molar-refractivity contribution is 9.11. The van der Waals surface area contributed by atoms with Gasteiger partial charge in [0.1, 0.15) is 17.5 Å². The van der Waals surface area contributed by atoms with Crippen LogP contribution in [0.5, 0.6) is 0 Å². The quantitative estimate of drug-likeness (QED) is 0.216. The number of rotatable bonds is 4. The van der Waals surface area contributed by atoms with Crippen molar-refractivity contribution in [3.63, 3.8) is 0 Å². The van der Waals surface area contributed by atoms with Gasteiger partial charge in [-0.2, -0.15) is 0 Å². The third-order valence-corrected chi connectivity index (χ3v) is 7.20. The van der Waals surface area contributed by atoms with E-state index in [1.807, 2.05) is 0 Å². The number of benzene rings is 3. The second kappa shape index (κ2) is 13.3. The molecule has 3 aromatic carbocycles. The summed E-state index contributed by atoms with van der Waals surface area (Å²) in [5.74, 6) is -1.12. The van der Waals surface area contributed by atoms with E-state index in [0.29, 0.717) is 24.5 Å². The van der Waals surface area contributed by atoms with Crippen molar-refractivity contribution in [2.24, 2.45) is 0 Å². The number of aliphatic hydroxyl groups is 1. The second-order valence-electron chi connectivity index (χ2n) is 7.53. The first kappa shape index (κ1) is 29.9. The van der Waals surface area contributed by atoms with E-state index in [-0.39, 0.29) is 34.3 Å². The Kier molecular flexibility index (Phi) is 11.3. The summed E-state index contributed by atoms with van der Waals surface area (Å²) in [6, 6.07) is 13.0. The molecule has 0 aromatic heterocycles. The van der Waals surface area contributed by atoms with E-state index in [0.717, 1.165) is 18.4 Å². The van der Waals surface area contributed by atoms with Gasteiger partial charge in [-0.1, -0.05) is 22.0 Å². The number of Topliss-reactive ketones (excluding diaryl/α,β-unsaturated/α-hetero) is 2. The van der Waals surface area contributed by atoms with Gasteiger partial charge in [0.05, 0.1) is 24.3 Å². The molecule has 0 aliphatic heterocycles. The zero-order chi connectivity index (χ0) is 26.3. The van der Waals surface area contributed by atoms with Gasteiger partial charge >= 0.3 is 0 Å². The number of hydrogen-bond acceptors (Lipinski definition) is 3. The molecule has 0 atom stereocenters. The molecule has 3 nitrogen and oxygen atoms in total. The summed E-state index contributed by atoms with van der Waals surface area (Å²) in [7, 11) is 0. The van der Waals surface area contributed by atoms with E-state index in [9.17, 15) is 27.9 Å². The molecule has 1 saturated carbocycles. The lowest BCUT2D eigenvalue weighted by molar-refractivity contribution is 0.101. The van der Waals surface area contributed by atoms with Crippen LogP contribution in [0.25, 0.3) is 0 Å². The Hall–Kier alpha value is -1.33. The predicted octanol–water partition coefficient (Wildman–Crippen LogP) is 8.53. The van der Waals surface area contributed by atoms with Crippen LogP contribution in [-0.4, -0.2) is 22.0 Å². The molecule has 1 aliphatic rings. The maximum Gasteiger partial charge on any atom is 0.173 e. The third kappa shape index (κ3) is 8.93. The molecule has 3 aromatic rings. The number of carbonyl (C=O) groups excluding carboxylic acids is 2. The summed E-state index contributed by atoms with van der Waals surface area (Å²) in [6.45, 7) is 1.44. The highest BCUT2D eigenvalue weighted by atomic mass is 79.9. The molecule has 0 unspecified atom stereocenters. The van der Waals surface area contributed by atoms with Gasteiger partial charge in [-0.05, 0) is 122 Å². The minimum absolute atomic E-state index is 0.0595. The van der Waals surface area contributed by atoms with Crippen LogP contribution in [0.15, 0.2) is 68.0 Å². The summed E-state index contributed by atoms with van der Waals surface area (Å²) < 4.78 is 39.1. The van der Waals surface area contributed by atoms with Gasteiger partial charge in [0.25, 0.3) is 0 Å². The molecule has 0 spiro atoms. The molecule has 1 aliphatic carbocycles. The SMILES string of the molecule is CC(=O)c1ccc(F)c(Br)c1.O=C(CBr)c1ccc(F)c(Br)c1.OC1(c2ccc(F)c(Br)c2)CC1. The van der Waals surface area contributed by atoms with Gasteiger partial charge < -0.3 is 5.11 Å². The molecular weight excluding hydrogens is 725 g/mol. The molecule has 4 rings (SSSR count). The third-order valence-electron chi connectivity index (χ3n) is 4.87. The fourth-order valence-corrected chi connectivity index (χ4v) is 4.11. The Morgan fingerprint density at radius 1 is 0.800 bits per heavy atom. The van der Waals surface area contributed by atoms with Crippen molar-refractivity contribution in [2.75, 3.05) is 5.33 Å². The lowest BCUT2D eigenvalue weighted by Gasteiger charge is -2.07. The summed E-state index contributed by atoms with van der Waals surface area (Å²) in [5.41, 5.74) is 1.14. The average Bonchev–Trinajstić information content (AvgIpc) is 3.58. The molecule has 10 heteroatoms. The Morgan fingerprint density at radius 2 is 1.23 bits per heavy atom. The van der Waals surface area contributed by atoms with Crippen molar-refractivity contribution < 1.29 is 27.9 Å². The molecular formula is C25H19Br4F3O3. The highest BCUT2D eigenvalue weighted by Gasteiger charge is 2.42. The number of ketones is 2. The lowest BCUT2D eigenvalue weighted by Crippen LogP contribution is -2.03. The number of hydrogen-bond donors (Lipinski definition) is 1. The molecule has 0 amide bonds. The van der Waals surface area contributed by atoms with Crippen molar-refractivity contribution in [1.82, 2.24) is 0 Å². The van der Waals surface area contributed by atoms with Gasteiger partial charge in [0.15, 0.2) is 11.6 Å². The number of halogens is 7. The zero-order valence-electron chi connectivity index (χ0n) is 18.2. The van der Waals surface area contributed by atoms with Crippen LogP contribution >= 0.6 is 63.7 Å². The van der Waals surface area contributed by atoms with Crippen LogP contribution in [0.2, 0.25) is 0 Å². The van der Waals surface area contributed by atoms with Gasteiger partial charge in [-0.25, -0.2) is 13.2 Å². The molecule has 0 bridgehead atoms. The number of carbonyl (C=O) groups is 2. The van der Waals surface area contributed by atoms with Gasteiger partial charge in [0.2, 0.25) is 0 Å². The molecule has 0 saturated heterocycles. The fraction of sp³-hybridized carbons (Fsp3) is 0.200. The average molecular weight is 744 g/mol. The largest absolute Gasteiger partial charge is 0.385 e. The Bertz CT molecular complexity index is 1230. The summed E-state index contributed by atoms with van der Waals surface area (Å²) >= 11 is 12.1. The van der Waals surface area contributed by atoms with Crippen LogP contribution in [0.1, 0.15) is 46.0 Å². The van der Waals surface area contributed by atoms with Gasteiger partial charge in [-0.3, -0.25) is 9.59 Å². The first-order valence-corrected chi connectivity index (χ1v) is 13.6. The van der Waals surface area contributed by atoms with E-state index in [4.69, 9.17) is 0 Å². The van der Waals surface area contributed by atoms with E-state index in [1.165, 1.54) is 49.4 Å². The molecule has 1 N–H and O–H groups in total. The van der Waals surface area contributed by atoms with Crippen molar-refractivity contribution in [3.05, 3.63) is 102 Å². The van der Waals surface area contributed by atoms with Crippen molar-refractivity contribution in [3.8, 4) is 0 Å². The van der Waals surface area contributed by atoms with E-state index in [2.05, 4.69) is 63.7 Å². The summed E-state index contributed by atoms with van der Waals surface area (Å²) in [6.07, 6.45) is 1.57. The standard InChI is InChI=1S/C9H8BrFO.C8H5Br2FO.C8H6BrFO/c10-7-5-6(1-2-8(7)11)9(12)3-4-9;9-4-8(12)5-1-2-7(11)6(10)3-5;1-5(11)6-2-3-8(10)7(9)4-6/h1-2,5,12H,3-4H2;1-3H,4H2;2-4H,1H3. The smallest absolute Gasteiger partial charge is 0.173 e. The monoisotopic (exact) mass is 740 g/mol. The van der Waals surface area contributed by atoms with Crippen LogP contribution in [0.4, 0.5) is 13.2 Å². The van der Waals surface area contributed by atoms with Crippen molar-refractivity contribution >= 4 is 75.3 Å². The maximum atomic E-state index is 12.8.